The minimum atomic E-state index is -0.935. The van der Waals surface area contributed by atoms with Crippen LogP contribution in [0.5, 0.6) is 0 Å². The lowest BCUT2D eigenvalue weighted by atomic mass is 9.95. The molecule has 2 rings (SSSR count). The van der Waals surface area contributed by atoms with Gasteiger partial charge in [-0.2, -0.15) is 0 Å². The van der Waals surface area contributed by atoms with Crippen LogP contribution in [0.4, 0.5) is 4.39 Å². The van der Waals surface area contributed by atoms with Gasteiger partial charge in [-0.3, -0.25) is 4.79 Å². The number of nitrogens with zero attached hydrogens (tertiary/aromatic N) is 2. The van der Waals surface area contributed by atoms with Crippen LogP contribution in [0.25, 0.3) is 10.9 Å². The molecule has 0 saturated carbocycles. The van der Waals surface area contributed by atoms with E-state index in [4.69, 9.17) is 5.11 Å². The van der Waals surface area contributed by atoms with Crippen LogP contribution in [-0.4, -0.2) is 26.8 Å². The van der Waals surface area contributed by atoms with Crippen molar-refractivity contribution in [3.05, 3.63) is 29.8 Å². The van der Waals surface area contributed by atoms with Gasteiger partial charge in [-0.15, -0.1) is 0 Å². The highest BCUT2D eigenvalue weighted by molar-refractivity contribution is 8.00. The monoisotopic (exact) mass is 294 g/mol. The van der Waals surface area contributed by atoms with E-state index in [9.17, 15) is 9.18 Å². The van der Waals surface area contributed by atoms with E-state index >= 15 is 0 Å². The van der Waals surface area contributed by atoms with E-state index in [-0.39, 0.29) is 17.0 Å². The van der Waals surface area contributed by atoms with Gasteiger partial charge < -0.3 is 5.11 Å². The van der Waals surface area contributed by atoms with Gasteiger partial charge in [0.1, 0.15) is 16.7 Å². The van der Waals surface area contributed by atoms with Crippen LogP contribution < -0.4 is 0 Å². The number of halogens is 1. The van der Waals surface area contributed by atoms with Crippen molar-refractivity contribution in [1.82, 2.24) is 9.97 Å². The van der Waals surface area contributed by atoms with Gasteiger partial charge in [-0.1, -0.05) is 32.5 Å². The Labute approximate surface area is 120 Å². The number of hydrogen-bond donors (Lipinski definition) is 1. The number of carboxylic acids is 1. The fourth-order valence-corrected chi connectivity index (χ4v) is 2.38. The Kier molecular flexibility index (Phi) is 3.94. The van der Waals surface area contributed by atoms with Gasteiger partial charge in [0.2, 0.25) is 0 Å². The summed E-state index contributed by atoms with van der Waals surface area (Å²) in [5.74, 6) is -0.826. The maximum atomic E-state index is 13.4. The molecular formula is C14H15FN2O2S. The average molecular weight is 294 g/mol. The molecule has 4 nitrogen and oxygen atoms in total. The number of aliphatic carboxylic acids is 1. The third kappa shape index (κ3) is 3.25. The number of aromatic nitrogens is 2. The highest BCUT2D eigenvalue weighted by Crippen LogP contribution is 2.29. The average Bonchev–Trinajstić information content (AvgIpc) is 2.34. The molecule has 0 unspecified atom stereocenters. The molecule has 0 radical (unpaired) electrons. The van der Waals surface area contributed by atoms with Crippen LogP contribution in [0.3, 0.4) is 0 Å². The zero-order valence-corrected chi connectivity index (χ0v) is 12.3. The Morgan fingerprint density at radius 1 is 1.35 bits per heavy atom. The molecule has 0 saturated heterocycles. The van der Waals surface area contributed by atoms with Gasteiger partial charge in [0, 0.05) is 10.8 Å². The molecule has 0 bridgehead atoms. The van der Waals surface area contributed by atoms with Gasteiger partial charge in [-0.05, 0) is 18.2 Å². The molecule has 1 aromatic heterocycles. The predicted molar refractivity (Wildman–Crippen MR) is 76.6 cm³/mol. The Hall–Kier alpha value is -1.69. The van der Waals surface area contributed by atoms with Crippen LogP contribution in [0.15, 0.2) is 23.2 Å². The summed E-state index contributed by atoms with van der Waals surface area (Å²) in [7, 11) is 0. The van der Waals surface area contributed by atoms with E-state index in [1.54, 1.807) is 6.07 Å². The standard InChI is InChI=1S/C14H15FN2O2S/c1-14(2,3)13-16-10-5-4-8(15)6-9(10)12(17-13)20-7-11(18)19/h4-6H,7H2,1-3H3,(H,18,19). The maximum absolute atomic E-state index is 13.4. The zero-order valence-electron chi connectivity index (χ0n) is 11.5. The molecule has 0 fully saturated rings. The summed E-state index contributed by atoms with van der Waals surface area (Å²) < 4.78 is 13.4. The molecule has 0 atom stereocenters. The second-order valence-electron chi connectivity index (χ2n) is 5.45. The largest absolute Gasteiger partial charge is 0.481 e. The lowest BCUT2D eigenvalue weighted by Gasteiger charge is -2.18. The lowest BCUT2D eigenvalue weighted by Crippen LogP contribution is -2.16. The third-order valence-electron chi connectivity index (χ3n) is 2.63. The molecular weight excluding hydrogens is 279 g/mol. The molecule has 0 aliphatic carbocycles. The Morgan fingerprint density at radius 2 is 2.05 bits per heavy atom. The number of rotatable bonds is 3. The maximum Gasteiger partial charge on any atom is 0.313 e. The van der Waals surface area contributed by atoms with Crippen molar-refractivity contribution in [3.8, 4) is 0 Å². The molecule has 2 aromatic rings. The first-order valence-corrected chi connectivity index (χ1v) is 7.08. The van der Waals surface area contributed by atoms with E-state index < -0.39 is 5.97 Å². The van der Waals surface area contributed by atoms with Gasteiger partial charge in [0.25, 0.3) is 0 Å². The molecule has 0 amide bonds. The van der Waals surface area contributed by atoms with Crippen LogP contribution >= 0.6 is 11.8 Å². The molecule has 6 heteroatoms. The van der Waals surface area contributed by atoms with Gasteiger partial charge in [0.05, 0.1) is 11.3 Å². The second-order valence-corrected chi connectivity index (χ2v) is 6.41. The number of thioether (sulfide) groups is 1. The van der Waals surface area contributed by atoms with E-state index in [0.29, 0.717) is 21.8 Å². The quantitative estimate of drug-likeness (QED) is 0.695. The number of hydrogen-bond acceptors (Lipinski definition) is 4. The molecule has 1 N–H and O–H groups in total. The summed E-state index contributed by atoms with van der Waals surface area (Å²) in [6, 6.07) is 4.27. The summed E-state index contributed by atoms with van der Waals surface area (Å²) in [5.41, 5.74) is 0.361. The van der Waals surface area contributed by atoms with Crippen molar-refractivity contribution in [1.29, 1.82) is 0 Å². The first kappa shape index (κ1) is 14.7. The normalized spacial score (nSPS) is 11.8. The number of benzene rings is 1. The first-order chi connectivity index (χ1) is 9.27. The summed E-state index contributed by atoms with van der Waals surface area (Å²) in [5, 5.41) is 9.84. The van der Waals surface area contributed by atoms with Crippen molar-refractivity contribution in [2.45, 2.75) is 31.2 Å². The van der Waals surface area contributed by atoms with Crippen molar-refractivity contribution in [2.24, 2.45) is 0 Å². The fraction of sp³-hybridized carbons (Fsp3) is 0.357. The Bertz CT molecular complexity index is 668. The molecule has 1 heterocycles. The van der Waals surface area contributed by atoms with E-state index in [1.807, 2.05) is 20.8 Å². The third-order valence-corrected chi connectivity index (χ3v) is 3.60. The first-order valence-electron chi connectivity index (χ1n) is 6.10. The van der Waals surface area contributed by atoms with Gasteiger partial charge in [-0.25, -0.2) is 14.4 Å². The predicted octanol–water partition coefficient (Wildman–Crippen LogP) is 3.24. The summed E-state index contributed by atoms with van der Waals surface area (Å²) >= 11 is 1.08. The van der Waals surface area contributed by atoms with Crippen molar-refractivity contribution < 1.29 is 14.3 Å². The Balaban J connectivity index is 2.60. The molecule has 106 valence electrons. The molecule has 0 aliphatic heterocycles. The highest BCUT2D eigenvalue weighted by Gasteiger charge is 2.20. The number of fused-ring (bicyclic) bond motifs is 1. The summed E-state index contributed by atoms with van der Waals surface area (Å²) in [6.45, 7) is 5.93. The minimum absolute atomic E-state index is 0.119. The van der Waals surface area contributed by atoms with Crippen molar-refractivity contribution in [3.63, 3.8) is 0 Å². The SMILES string of the molecule is CC(C)(C)c1nc(SCC(=O)O)c2cc(F)ccc2n1. The lowest BCUT2D eigenvalue weighted by molar-refractivity contribution is -0.133. The van der Waals surface area contributed by atoms with Gasteiger partial charge >= 0.3 is 5.97 Å². The fourth-order valence-electron chi connectivity index (χ4n) is 1.65. The van der Waals surface area contributed by atoms with E-state index in [2.05, 4.69) is 9.97 Å². The van der Waals surface area contributed by atoms with Gasteiger partial charge in [0.15, 0.2) is 0 Å². The second kappa shape index (κ2) is 5.36. The van der Waals surface area contributed by atoms with E-state index in [1.165, 1.54) is 12.1 Å². The topological polar surface area (TPSA) is 63.1 Å². The molecule has 20 heavy (non-hydrogen) atoms. The molecule has 0 aliphatic rings. The van der Waals surface area contributed by atoms with Crippen molar-refractivity contribution in [2.75, 3.05) is 5.75 Å². The van der Waals surface area contributed by atoms with Crippen LogP contribution in [0.1, 0.15) is 26.6 Å². The smallest absolute Gasteiger partial charge is 0.313 e. The molecule has 1 aromatic carbocycles. The number of carbonyl (C=O) groups is 1. The van der Waals surface area contributed by atoms with E-state index in [0.717, 1.165) is 11.8 Å². The van der Waals surface area contributed by atoms with Crippen LogP contribution in [-0.2, 0) is 10.2 Å². The van der Waals surface area contributed by atoms with Crippen LogP contribution in [0.2, 0.25) is 0 Å². The number of carboxylic acid groups (broad SMARTS) is 1. The minimum Gasteiger partial charge on any atom is -0.481 e. The molecule has 0 spiro atoms. The zero-order chi connectivity index (χ0) is 14.9. The summed E-state index contributed by atoms with van der Waals surface area (Å²) in [4.78, 5) is 19.6. The highest BCUT2D eigenvalue weighted by atomic mass is 32.2. The van der Waals surface area contributed by atoms with Crippen molar-refractivity contribution >= 4 is 28.6 Å². The summed E-state index contributed by atoms with van der Waals surface area (Å²) in [6.07, 6.45) is 0. The van der Waals surface area contributed by atoms with Crippen LogP contribution in [0, 0.1) is 5.82 Å². The Morgan fingerprint density at radius 3 is 2.65 bits per heavy atom.